The topological polar surface area (TPSA) is 102 Å². The van der Waals surface area contributed by atoms with Crippen LogP contribution in [-0.2, 0) is 14.5 Å². The van der Waals surface area contributed by atoms with Crippen LogP contribution in [0.2, 0.25) is 0 Å². The summed E-state index contributed by atoms with van der Waals surface area (Å²) in [5.74, 6) is -5.92. The lowest BCUT2D eigenvalue weighted by Gasteiger charge is -2.13. The summed E-state index contributed by atoms with van der Waals surface area (Å²) in [5, 5.41) is 1.07. The van der Waals surface area contributed by atoms with Crippen molar-refractivity contribution < 1.29 is 27.0 Å². The van der Waals surface area contributed by atoms with Crippen LogP contribution in [-0.4, -0.2) is 35.9 Å². The number of carbonyl (C=O) groups excluding carboxylic acids is 2. The Kier molecular flexibility index (Phi) is 6.61. The third kappa shape index (κ3) is 4.76. The van der Waals surface area contributed by atoms with Crippen LogP contribution in [0.25, 0.3) is 22.3 Å². The van der Waals surface area contributed by atoms with Gasteiger partial charge in [-0.05, 0) is 42.1 Å². The molecule has 0 bridgehead atoms. The monoisotopic (exact) mass is 498 g/mol. The molecule has 178 valence electrons. The number of anilines is 1. The average molecular weight is 498 g/mol. The molecule has 0 saturated carbocycles. The third-order valence-corrected chi connectivity index (χ3v) is 6.64. The minimum Gasteiger partial charge on any atom is -0.304 e. The molecule has 0 radical (unpaired) electrons. The molecule has 0 aliphatic heterocycles. The molecule has 2 aromatic carbocycles. The molecule has 2 aromatic heterocycles. The van der Waals surface area contributed by atoms with E-state index in [1.807, 2.05) is 0 Å². The van der Waals surface area contributed by atoms with E-state index < -0.39 is 44.2 Å². The van der Waals surface area contributed by atoms with Crippen LogP contribution < -0.4 is 4.72 Å². The molecular weight excluding hydrogens is 481 g/mol. The van der Waals surface area contributed by atoms with Gasteiger partial charge in [-0.25, -0.2) is 22.4 Å². The fourth-order valence-corrected chi connectivity index (χ4v) is 4.56. The lowest BCUT2D eigenvalue weighted by Crippen LogP contribution is -2.19. The second-order valence-electron chi connectivity index (χ2n) is 7.35. The molecule has 0 aliphatic carbocycles. The summed E-state index contributed by atoms with van der Waals surface area (Å²) in [7, 11) is -3.57. The highest BCUT2D eigenvalue weighted by atomic mass is 32.2. The molecule has 0 spiro atoms. The van der Waals surface area contributed by atoms with E-state index in [2.05, 4.69) is 19.7 Å². The summed E-state index contributed by atoms with van der Waals surface area (Å²) in [5.41, 5.74) is -0.235. The molecule has 0 aliphatic rings. The van der Waals surface area contributed by atoms with Crippen molar-refractivity contribution in [1.82, 2.24) is 15.0 Å². The minimum atomic E-state index is -3.57. The number of ketones is 1. The van der Waals surface area contributed by atoms with E-state index in [-0.39, 0.29) is 23.1 Å². The van der Waals surface area contributed by atoms with E-state index in [1.165, 1.54) is 24.4 Å². The fraction of sp³-hybridized carbons (Fsp3) is 0.0833. The summed E-state index contributed by atoms with van der Waals surface area (Å²) in [6.45, 7) is 1.59. The molecule has 0 fully saturated rings. The van der Waals surface area contributed by atoms with Gasteiger partial charge in [-0.3, -0.25) is 19.6 Å². The molecule has 7 nitrogen and oxygen atoms in total. The zero-order chi connectivity index (χ0) is 25.2. The smallest absolute Gasteiger partial charge is 0.217 e. The number of rotatable bonds is 7. The first kappa shape index (κ1) is 24.0. The van der Waals surface area contributed by atoms with Crippen LogP contribution in [0.5, 0.6) is 0 Å². The molecule has 1 unspecified atom stereocenters. The van der Waals surface area contributed by atoms with Crippen molar-refractivity contribution in [3.8, 4) is 11.3 Å². The summed E-state index contributed by atoms with van der Waals surface area (Å²) in [4.78, 5) is 37.0. The van der Waals surface area contributed by atoms with Gasteiger partial charge in [0.25, 0.3) is 0 Å². The van der Waals surface area contributed by atoms with Gasteiger partial charge < -0.3 is 4.72 Å². The molecule has 4 aromatic rings. The van der Waals surface area contributed by atoms with Crippen LogP contribution in [0.3, 0.4) is 0 Å². The highest BCUT2D eigenvalue weighted by molar-refractivity contribution is 8.14. The van der Waals surface area contributed by atoms with Gasteiger partial charge in [0, 0.05) is 29.6 Å². The van der Waals surface area contributed by atoms with Crippen LogP contribution in [0.1, 0.15) is 29.3 Å². The lowest BCUT2D eigenvalue weighted by molar-refractivity contribution is 0.103. The largest absolute Gasteiger partial charge is 0.304 e. The standard InChI is InChI=1S/C24H17F3N4O3S/c1-2-9-35(34,13-32)31-19-11-16(25)22(26)21(23(19)27)24(33)15-3-4-17-18(10-15)30-20(12-29-17)14-5-7-28-8-6-14/h3-13H,2H2,1H3,(H,31,34). The maximum Gasteiger partial charge on any atom is 0.217 e. The second kappa shape index (κ2) is 9.63. The van der Waals surface area contributed by atoms with Crippen LogP contribution in [0, 0.1) is 17.5 Å². The van der Waals surface area contributed by atoms with E-state index in [1.54, 1.807) is 31.5 Å². The van der Waals surface area contributed by atoms with Gasteiger partial charge >= 0.3 is 0 Å². The molecule has 4 rings (SSSR count). The number of nitrogens with zero attached hydrogens (tertiary/aromatic N) is 3. The Balaban J connectivity index is 1.80. The summed E-state index contributed by atoms with van der Waals surface area (Å²) in [6.07, 6.45) is 4.86. The predicted molar refractivity (Wildman–Crippen MR) is 127 cm³/mol. The molecule has 0 saturated heterocycles. The number of hydrogen-bond donors (Lipinski definition) is 1. The van der Waals surface area contributed by atoms with Gasteiger partial charge in [0.2, 0.25) is 5.62 Å². The van der Waals surface area contributed by atoms with Gasteiger partial charge in [0.15, 0.2) is 23.2 Å². The zero-order valence-electron chi connectivity index (χ0n) is 18.2. The van der Waals surface area contributed by atoms with E-state index >= 15 is 4.39 Å². The van der Waals surface area contributed by atoms with Crippen LogP contribution in [0.4, 0.5) is 18.9 Å². The van der Waals surface area contributed by atoms with Crippen molar-refractivity contribution in [2.75, 3.05) is 4.72 Å². The number of halogens is 3. The van der Waals surface area contributed by atoms with Gasteiger partial charge in [-0.1, -0.05) is 6.92 Å². The Bertz CT molecular complexity index is 1590. The molecule has 1 N–H and O–H groups in total. The number of benzene rings is 2. The Labute approximate surface area is 198 Å². The first-order chi connectivity index (χ1) is 16.8. The van der Waals surface area contributed by atoms with Crippen LogP contribution in [0.15, 0.2) is 55.0 Å². The molecule has 1 atom stereocenters. The van der Waals surface area contributed by atoms with Crippen molar-refractivity contribution in [2.45, 2.75) is 13.3 Å². The fourth-order valence-electron chi connectivity index (χ4n) is 3.36. The van der Waals surface area contributed by atoms with E-state index in [0.29, 0.717) is 22.8 Å². The number of hydrogen-bond acceptors (Lipinski definition) is 6. The Morgan fingerprint density at radius 2 is 1.80 bits per heavy atom. The van der Waals surface area contributed by atoms with E-state index in [4.69, 9.17) is 0 Å². The molecule has 2 heterocycles. The number of carbonyl (C=O) groups is 2. The van der Waals surface area contributed by atoms with E-state index in [9.17, 15) is 22.6 Å². The minimum absolute atomic E-state index is 0.0427. The first-order valence-electron chi connectivity index (χ1n) is 10.3. The van der Waals surface area contributed by atoms with Gasteiger partial charge in [0.1, 0.15) is 9.71 Å². The summed E-state index contributed by atoms with van der Waals surface area (Å²) in [6, 6.07) is 7.83. The molecule has 35 heavy (non-hydrogen) atoms. The number of aromatic nitrogens is 3. The SMILES string of the molecule is CCC=S(=O)(C=O)Nc1cc(F)c(F)c(C(=O)c2ccc3ncc(-c4ccncc4)nc3c2)c1F. The third-order valence-electron chi connectivity index (χ3n) is 4.99. The highest BCUT2D eigenvalue weighted by Gasteiger charge is 2.27. The maximum absolute atomic E-state index is 15.2. The molecular formula is C24H17F3N4O3S. The van der Waals surface area contributed by atoms with Gasteiger partial charge in [0.05, 0.1) is 34.2 Å². The number of pyridine rings is 1. The molecule has 0 amide bonds. The number of fused-ring (bicyclic) bond motifs is 1. The zero-order valence-corrected chi connectivity index (χ0v) is 19.0. The van der Waals surface area contributed by atoms with Crippen molar-refractivity contribution in [1.29, 1.82) is 0 Å². The lowest BCUT2D eigenvalue weighted by atomic mass is 10.0. The maximum atomic E-state index is 15.2. The quantitative estimate of drug-likeness (QED) is 0.176. The summed E-state index contributed by atoms with van der Waals surface area (Å²) < 4.78 is 58.7. The normalized spacial score (nSPS) is 12.7. The molecule has 11 heteroatoms. The Morgan fingerprint density at radius 1 is 1.06 bits per heavy atom. The van der Waals surface area contributed by atoms with Crippen molar-refractivity contribution >= 4 is 43.2 Å². The van der Waals surface area contributed by atoms with E-state index in [0.717, 1.165) is 5.37 Å². The number of nitrogens with one attached hydrogen (secondary N) is 1. The summed E-state index contributed by atoms with van der Waals surface area (Å²) >= 11 is 0. The predicted octanol–water partition coefficient (Wildman–Crippen LogP) is 4.35. The van der Waals surface area contributed by atoms with Crippen molar-refractivity contribution in [2.24, 2.45) is 0 Å². The Hall–Kier alpha value is -4.12. The highest BCUT2D eigenvalue weighted by Crippen LogP contribution is 2.28. The average Bonchev–Trinajstić information content (AvgIpc) is 2.87. The Morgan fingerprint density at radius 3 is 2.49 bits per heavy atom. The first-order valence-corrected chi connectivity index (χ1v) is 11.9. The van der Waals surface area contributed by atoms with Crippen LogP contribution >= 0.6 is 0 Å². The van der Waals surface area contributed by atoms with Gasteiger partial charge in [-0.2, -0.15) is 0 Å². The van der Waals surface area contributed by atoms with Crippen molar-refractivity contribution in [3.63, 3.8) is 0 Å². The second-order valence-corrected chi connectivity index (χ2v) is 9.38. The van der Waals surface area contributed by atoms with Gasteiger partial charge in [-0.15, -0.1) is 0 Å². The van der Waals surface area contributed by atoms with Crippen molar-refractivity contribution in [3.05, 3.63) is 83.6 Å².